The maximum atomic E-state index is 12.2. The standard InChI is InChI=1S/C21H29N5O/c1-25(2)20-14-18(8-11-22-20)15-23-21(27)24-19-9-12-26(13-10-19)16-17-6-4-3-5-7-17/h3-8,11,14,19H,9-10,12-13,15-16H2,1-2H3,(H2,23,24,27). The summed E-state index contributed by atoms with van der Waals surface area (Å²) in [6.45, 7) is 3.50. The van der Waals surface area contributed by atoms with Crippen LogP contribution in [0.15, 0.2) is 48.7 Å². The summed E-state index contributed by atoms with van der Waals surface area (Å²) >= 11 is 0. The van der Waals surface area contributed by atoms with Crippen LogP contribution < -0.4 is 15.5 Å². The van der Waals surface area contributed by atoms with Crippen molar-refractivity contribution in [2.45, 2.75) is 32.0 Å². The van der Waals surface area contributed by atoms with E-state index in [4.69, 9.17) is 0 Å². The lowest BCUT2D eigenvalue weighted by Gasteiger charge is -2.32. The minimum atomic E-state index is -0.0975. The van der Waals surface area contributed by atoms with Gasteiger partial charge in [0, 0.05) is 52.5 Å². The van der Waals surface area contributed by atoms with E-state index in [0.29, 0.717) is 6.54 Å². The maximum Gasteiger partial charge on any atom is 0.315 e. The van der Waals surface area contributed by atoms with Crippen molar-refractivity contribution in [2.24, 2.45) is 0 Å². The molecule has 0 aliphatic carbocycles. The first-order valence-corrected chi connectivity index (χ1v) is 9.53. The number of nitrogens with zero attached hydrogens (tertiary/aromatic N) is 3. The van der Waals surface area contributed by atoms with Crippen LogP contribution in [0.5, 0.6) is 0 Å². The first-order valence-electron chi connectivity index (χ1n) is 9.53. The predicted molar refractivity (Wildman–Crippen MR) is 109 cm³/mol. The Hall–Kier alpha value is -2.60. The van der Waals surface area contributed by atoms with E-state index in [9.17, 15) is 4.79 Å². The normalized spacial score (nSPS) is 15.3. The SMILES string of the molecule is CN(C)c1cc(CNC(=O)NC2CCN(Cc3ccccc3)CC2)ccn1. The molecule has 27 heavy (non-hydrogen) atoms. The number of aromatic nitrogens is 1. The molecule has 1 aliphatic rings. The fourth-order valence-electron chi connectivity index (χ4n) is 3.31. The first-order chi connectivity index (χ1) is 13.1. The van der Waals surface area contributed by atoms with Crippen molar-refractivity contribution in [3.63, 3.8) is 0 Å². The highest BCUT2D eigenvalue weighted by molar-refractivity contribution is 5.74. The topological polar surface area (TPSA) is 60.5 Å². The van der Waals surface area contributed by atoms with Gasteiger partial charge in [0.15, 0.2) is 0 Å². The second-order valence-electron chi connectivity index (χ2n) is 7.28. The molecule has 6 nitrogen and oxygen atoms in total. The van der Waals surface area contributed by atoms with E-state index >= 15 is 0 Å². The van der Waals surface area contributed by atoms with Crippen molar-refractivity contribution >= 4 is 11.8 Å². The molecule has 144 valence electrons. The molecule has 2 N–H and O–H groups in total. The molecule has 2 aromatic rings. The minimum Gasteiger partial charge on any atom is -0.363 e. The lowest BCUT2D eigenvalue weighted by molar-refractivity contribution is 0.186. The van der Waals surface area contributed by atoms with Gasteiger partial charge < -0.3 is 15.5 Å². The molecule has 1 aromatic carbocycles. The summed E-state index contributed by atoms with van der Waals surface area (Å²) in [6, 6.07) is 14.6. The Morgan fingerprint density at radius 1 is 1.15 bits per heavy atom. The summed E-state index contributed by atoms with van der Waals surface area (Å²) in [7, 11) is 3.91. The van der Waals surface area contributed by atoms with Gasteiger partial charge in [-0.05, 0) is 36.1 Å². The lowest BCUT2D eigenvalue weighted by Crippen LogP contribution is -2.47. The van der Waals surface area contributed by atoms with Crippen molar-refractivity contribution < 1.29 is 4.79 Å². The molecule has 0 spiro atoms. The minimum absolute atomic E-state index is 0.0975. The lowest BCUT2D eigenvalue weighted by atomic mass is 10.0. The van der Waals surface area contributed by atoms with Gasteiger partial charge in [0.1, 0.15) is 5.82 Å². The van der Waals surface area contributed by atoms with Crippen LogP contribution in [0.4, 0.5) is 10.6 Å². The van der Waals surface area contributed by atoms with Gasteiger partial charge in [0.25, 0.3) is 0 Å². The van der Waals surface area contributed by atoms with Crippen LogP contribution in [-0.2, 0) is 13.1 Å². The zero-order valence-electron chi connectivity index (χ0n) is 16.2. The van der Waals surface area contributed by atoms with Crippen molar-refractivity contribution in [1.82, 2.24) is 20.5 Å². The van der Waals surface area contributed by atoms with Crippen LogP contribution in [-0.4, -0.2) is 49.1 Å². The number of carbonyl (C=O) groups is 1. The number of likely N-dealkylation sites (tertiary alicyclic amines) is 1. The van der Waals surface area contributed by atoms with Crippen molar-refractivity contribution in [2.75, 3.05) is 32.1 Å². The molecule has 1 fully saturated rings. The van der Waals surface area contributed by atoms with E-state index in [1.807, 2.05) is 37.2 Å². The van der Waals surface area contributed by atoms with E-state index in [0.717, 1.165) is 43.9 Å². The molecular formula is C21H29N5O. The molecule has 0 saturated carbocycles. The Labute approximate surface area is 161 Å². The van der Waals surface area contributed by atoms with Crippen molar-refractivity contribution in [3.8, 4) is 0 Å². The van der Waals surface area contributed by atoms with E-state index in [-0.39, 0.29) is 12.1 Å². The van der Waals surface area contributed by atoms with Crippen LogP contribution in [0.3, 0.4) is 0 Å². The highest BCUT2D eigenvalue weighted by atomic mass is 16.2. The fourth-order valence-corrected chi connectivity index (χ4v) is 3.31. The van der Waals surface area contributed by atoms with Gasteiger partial charge in [-0.3, -0.25) is 4.90 Å². The molecule has 1 aliphatic heterocycles. The first kappa shape index (κ1) is 19.2. The Morgan fingerprint density at radius 3 is 2.59 bits per heavy atom. The highest BCUT2D eigenvalue weighted by Crippen LogP contribution is 2.14. The monoisotopic (exact) mass is 367 g/mol. The number of hydrogen-bond donors (Lipinski definition) is 2. The quantitative estimate of drug-likeness (QED) is 0.824. The molecule has 0 radical (unpaired) electrons. The van der Waals surface area contributed by atoms with Crippen LogP contribution in [0, 0.1) is 0 Å². The summed E-state index contributed by atoms with van der Waals surface area (Å²) < 4.78 is 0. The van der Waals surface area contributed by atoms with E-state index in [2.05, 4.69) is 44.8 Å². The van der Waals surface area contributed by atoms with Gasteiger partial charge in [-0.1, -0.05) is 30.3 Å². The fraction of sp³-hybridized carbons (Fsp3) is 0.429. The molecule has 0 unspecified atom stereocenters. The molecule has 1 aromatic heterocycles. The summed E-state index contributed by atoms with van der Waals surface area (Å²) in [6.07, 6.45) is 3.74. The number of carbonyl (C=O) groups excluding carboxylic acids is 1. The largest absolute Gasteiger partial charge is 0.363 e. The number of piperidine rings is 1. The maximum absolute atomic E-state index is 12.2. The summed E-state index contributed by atoms with van der Waals surface area (Å²) in [4.78, 5) is 20.9. The van der Waals surface area contributed by atoms with E-state index in [1.54, 1.807) is 6.20 Å². The predicted octanol–water partition coefficient (Wildman–Crippen LogP) is 2.61. The van der Waals surface area contributed by atoms with Crippen LogP contribution >= 0.6 is 0 Å². The highest BCUT2D eigenvalue weighted by Gasteiger charge is 2.20. The van der Waals surface area contributed by atoms with Crippen molar-refractivity contribution in [1.29, 1.82) is 0 Å². The number of nitrogens with one attached hydrogen (secondary N) is 2. The zero-order valence-corrected chi connectivity index (χ0v) is 16.2. The molecule has 2 amide bonds. The van der Waals surface area contributed by atoms with Gasteiger partial charge in [0.2, 0.25) is 0 Å². The van der Waals surface area contributed by atoms with Crippen LogP contribution in [0.2, 0.25) is 0 Å². The summed E-state index contributed by atoms with van der Waals surface area (Å²) in [5.41, 5.74) is 2.39. The molecule has 0 atom stereocenters. The Bertz CT molecular complexity index is 726. The molecule has 2 heterocycles. The molecule has 6 heteroatoms. The third-order valence-corrected chi connectivity index (χ3v) is 4.89. The molecular weight excluding hydrogens is 338 g/mol. The van der Waals surface area contributed by atoms with Gasteiger partial charge in [-0.15, -0.1) is 0 Å². The number of urea groups is 1. The van der Waals surface area contributed by atoms with Crippen LogP contribution in [0.25, 0.3) is 0 Å². The number of rotatable bonds is 6. The molecule has 3 rings (SSSR count). The van der Waals surface area contributed by atoms with Gasteiger partial charge >= 0.3 is 6.03 Å². The smallest absolute Gasteiger partial charge is 0.315 e. The summed E-state index contributed by atoms with van der Waals surface area (Å²) in [5.74, 6) is 0.889. The number of anilines is 1. The number of benzene rings is 1. The second-order valence-corrected chi connectivity index (χ2v) is 7.28. The van der Waals surface area contributed by atoms with Gasteiger partial charge in [0.05, 0.1) is 0 Å². The zero-order chi connectivity index (χ0) is 19.1. The Morgan fingerprint density at radius 2 is 1.89 bits per heavy atom. The Kier molecular flexibility index (Phi) is 6.65. The number of pyridine rings is 1. The third kappa shape index (κ3) is 5.96. The Balaban J connectivity index is 1.39. The molecule has 1 saturated heterocycles. The van der Waals surface area contributed by atoms with Crippen molar-refractivity contribution in [3.05, 3.63) is 59.8 Å². The van der Waals surface area contributed by atoms with Gasteiger partial charge in [-0.25, -0.2) is 9.78 Å². The number of hydrogen-bond acceptors (Lipinski definition) is 4. The second kappa shape index (κ2) is 9.37. The summed E-state index contributed by atoms with van der Waals surface area (Å²) in [5, 5.41) is 6.06. The van der Waals surface area contributed by atoms with E-state index in [1.165, 1.54) is 5.56 Å². The van der Waals surface area contributed by atoms with Crippen LogP contribution in [0.1, 0.15) is 24.0 Å². The van der Waals surface area contributed by atoms with Gasteiger partial charge in [-0.2, -0.15) is 0 Å². The number of amides is 2. The van der Waals surface area contributed by atoms with E-state index < -0.39 is 0 Å². The average molecular weight is 367 g/mol. The molecule has 0 bridgehead atoms. The third-order valence-electron chi connectivity index (χ3n) is 4.89. The average Bonchev–Trinajstić information content (AvgIpc) is 2.69.